The number of unbranched alkanes of at least 4 members (excludes halogenated alkanes) is 1. The number of hydrogen-bond donors (Lipinski definition) is 2. The Bertz CT molecular complexity index is 487. The molecular formula is C19H28O4. The number of carboxylic acid groups (broad SMARTS) is 2. The second-order valence-corrected chi connectivity index (χ2v) is 5.37. The third-order valence-electron chi connectivity index (χ3n) is 4.15. The van der Waals surface area contributed by atoms with E-state index < -0.39 is 23.3 Å². The van der Waals surface area contributed by atoms with E-state index in [4.69, 9.17) is 0 Å². The fourth-order valence-corrected chi connectivity index (χ4v) is 3.24. The first-order valence-corrected chi connectivity index (χ1v) is 7.98. The lowest BCUT2D eigenvalue weighted by molar-refractivity contribution is -0.160. The lowest BCUT2D eigenvalue weighted by Crippen LogP contribution is -2.40. The van der Waals surface area contributed by atoms with Crippen LogP contribution < -0.4 is 0 Å². The Morgan fingerprint density at radius 1 is 1.26 bits per heavy atom. The Morgan fingerprint density at radius 2 is 1.83 bits per heavy atom. The number of aliphatic carboxylic acids is 2. The van der Waals surface area contributed by atoms with Gasteiger partial charge in [0.15, 0.2) is 5.92 Å². The van der Waals surface area contributed by atoms with Gasteiger partial charge in [0.05, 0.1) is 0 Å². The molecule has 1 rings (SSSR count). The molecular weight excluding hydrogens is 292 g/mol. The third-order valence-corrected chi connectivity index (χ3v) is 4.15. The van der Waals surface area contributed by atoms with Gasteiger partial charge in [-0.05, 0) is 37.7 Å². The van der Waals surface area contributed by atoms with E-state index in [0.29, 0.717) is 25.7 Å². The van der Waals surface area contributed by atoms with Gasteiger partial charge in [0, 0.05) is 5.41 Å². The highest BCUT2D eigenvalue weighted by Gasteiger charge is 2.52. The van der Waals surface area contributed by atoms with E-state index in [0.717, 1.165) is 17.6 Å². The summed E-state index contributed by atoms with van der Waals surface area (Å²) in [4.78, 5) is 23.1. The van der Waals surface area contributed by atoms with E-state index >= 15 is 0 Å². The van der Waals surface area contributed by atoms with Crippen molar-refractivity contribution in [2.24, 2.45) is 11.3 Å². The van der Waals surface area contributed by atoms with Crippen LogP contribution >= 0.6 is 0 Å². The molecule has 4 nitrogen and oxygen atoms in total. The fraction of sp³-hybridized carbons (Fsp3) is 0.474. The van der Waals surface area contributed by atoms with E-state index in [1.165, 1.54) is 0 Å². The zero-order chi connectivity index (χ0) is 18.0. The van der Waals surface area contributed by atoms with Crippen LogP contribution in [0.2, 0.25) is 0 Å². The van der Waals surface area contributed by atoms with E-state index in [1.54, 1.807) is 18.2 Å². The molecule has 2 N–H and O–H groups in total. The molecule has 23 heavy (non-hydrogen) atoms. The maximum atomic E-state index is 11.5. The Hall–Kier alpha value is -2.10. The monoisotopic (exact) mass is 320 g/mol. The maximum Gasteiger partial charge on any atom is 0.318 e. The van der Waals surface area contributed by atoms with Crippen molar-refractivity contribution in [2.75, 3.05) is 0 Å². The summed E-state index contributed by atoms with van der Waals surface area (Å²) in [5.74, 6) is -4.07. The van der Waals surface area contributed by atoms with Crippen LogP contribution in [-0.2, 0) is 9.59 Å². The smallest absolute Gasteiger partial charge is 0.318 e. The lowest BCUT2D eigenvalue weighted by Gasteiger charge is -2.34. The molecule has 0 aliphatic heterocycles. The first-order valence-electron chi connectivity index (χ1n) is 7.98. The van der Waals surface area contributed by atoms with Gasteiger partial charge in [-0.3, -0.25) is 9.59 Å². The Morgan fingerprint density at radius 3 is 2.26 bits per heavy atom. The van der Waals surface area contributed by atoms with Crippen LogP contribution in [0.5, 0.6) is 0 Å². The topological polar surface area (TPSA) is 74.6 Å². The minimum atomic E-state index is -1.47. The van der Waals surface area contributed by atoms with Crippen LogP contribution in [0.1, 0.15) is 46.0 Å². The molecule has 0 radical (unpaired) electrons. The molecule has 4 heteroatoms. The number of carboxylic acids is 2. The van der Waals surface area contributed by atoms with Crippen molar-refractivity contribution >= 4 is 11.9 Å². The van der Waals surface area contributed by atoms with Gasteiger partial charge < -0.3 is 10.2 Å². The standard InChI is InChI=1S/C17H22O4.C2H6/c1-4-6-7-10-17(14(15(18)19)16(20)21)11-9-12(3)13(17)8-5-2;1-2/h4-5,8,14H,1-3,6-7,9-11H2,(H,18,19)(H,20,21);1-2H3/b13-8+;. The van der Waals surface area contributed by atoms with Crippen molar-refractivity contribution in [3.05, 3.63) is 49.1 Å². The van der Waals surface area contributed by atoms with Crippen LogP contribution in [0.15, 0.2) is 49.1 Å². The Kier molecular flexibility index (Phi) is 8.93. The minimum Gasteiger partial charge on any atom is -0.481 e. The average molecular weight is 320 g/mol. The maximum absolute atomic E-state index is 11.5. The zero-order valence-electron chi connectivity index (χ0n) is 14.2. The summed E-state index contributed by atoms with van der Waals surface area (Å²) in [6.45, 7) is 15.2. The Labute approximate surface area is 138 Å². The molecule has 1 aliphatic carbocycles. The summed E-state index contributed by atoms with van der Waals surface area (Å²) in [5, 5.41) is 18.8. The summed E-state index contributed by atoms with van der Waals surface area (Å²) < 4.78 is 0. The summed E-state index contributed by atoms with van der Waals surface area (Å²) >= 11 is 0. The van der Waals surface area contributed by atoms with Gasteiger partial charge in [0.1, 0.15) is 0 Å². The normalized spacial score (nSPS) is 21.7. The first kappa shape index (κ1) is 20.9. The average Bonchev–Trinajstić information content (AvgIpc) is 2.79. The van der Waals surface area contributed by atoms with Gasteiger partial charge in [-0.15, -0.1) is 6.58 Å². The van der Waals surface area contributed by atoms with Gasteiger partial charge in [-0.1, -0.05) is 50.8 Å². The summed E-state index contributed by atoms with van der Waals surface area (Å²) in [6.07, 6.45) is 8.05. The molecule has 0 bridgehead atoms. The van der Waals surface area contributed by atoms with Crippen LogP contribution in [0.25, 0.3) is 0 Å². The van der Waals surface area contributed by atoms with Crippen molar-refractivity contribution in [1.29, 1.82) is 0 Å². The highest BCUT2D eigenvalue weighted by atomic mass is 16.4. The molecule has 1 aliphatic rings. The Balaban J connectivity index is 0.00000232. The van der Waals surface area contributed by atoms with Crippen molar-refractivity contribution in [3.8, 4) is 0 Å². The molecule has 1 fully saturated rings. The van der Waals surface area contributed by atoms with Crippen molar-refractivity contribution in [3.63, 3.8) is 0 Å². The van der Waals surface area contributed by atoms with Crippen molar-refractivity contribution in [2.45, 2.75) is 46.0 Å². The van der Waals surface area contributed by atoms with Crippen LogP contribution in [-0.4, -0.2) is 22.2 Å². The first-order chi connectivity index (χ1) is 10.9. The molecule has 128 valence electrons. The predicted octanol–water partition coefficient (Wildman–Crippen LogP) is 4.60. The van der Waals surface area contributed by atoms with Crippen LogP contribution in [0.3, 0.4) is 0 Å². The largest absolute Gasteiger partial charge is 0.481 e. The highest BCUT2D eigenvalue weighted by molar-refractivity contribution is 5.95. The SMILES string of the molecule is C=C/C=C1\C(=C)CCC1(CCCC=C)C(C(=O)O)C(=O)O.CC. The van der Waals surface area contributed by atoms with Gasteiger partial charge in [0.2, 0.25) is 0 Å². The predicted molar refractivity (Wildman–Crippen MR) is 93.2 cm³/mol. The van der Waals surface area contributed by atoms with E-state index in [2.05, 4.69) is 19.7 Å². The zero-order valence-corrected chi connectivity index (χ0v) is 14.2. The molecule has 0 heterocycles. The quantitative estimate of drug-likeness (QED) is 0.389. The van der Waals surface area contributed by atoms with Crippen molar-refractivity contribution < 1.29 is 19.8 Å². The van der Waals surface area contributed by atoms with E-state index in [1.807, 2.05) is 13.8 Å². The molecule has 0 aromatic heterocycles. The number of carbonyl (C=O) groups is 2. The number of rotatable bonds is 8. The van der Waals surface area contributed by atoms with Crippen molar-refractivity contribution in [1.82, 2.24) is 0 Å². The molecule has 1 atom stereocenters. The minimum absolute atomic E-state index is 0.487. The van der Waals surface area contributed by atoms with Gasteiger partial charge in [-0.2, -0.15) is 0 Å². The molecule has 0 aromatic rings. The van der Waals surface area contributed by atoms with Gasteiger partial charge in [0.25, 0.3) is 0 Å². The number of allylic oxidation sites excluding steroid dienone is 5. The lowest BCUT2D eigenvalue weighted by atomic mass is 9.67. The molecule has 0 spiro atoms. The second kappa shape index (κ2) is 9.82. The third kappa shape index (κ3) is 4.68. The number of hydrogen-bond acceptors (Lipinski definition) is 2. The molecule has 0 aromatic carbocycles. The highest BCUT2D eigenvalue weighted by Crippen LogP contribution is 2.54. The molecule has 1 unspecified atom stereocenters. The fourth-order valence-electron chi connectivity index (χ4n) is 3.24. The molecule has 1 saturated carbocycles. The molecule has 0 amide bonds. The summed E-state index contributed by atoms with van der Waals surface area (Å²) in [5.41, 5.74) is 0.615. The van der Waals surface area contributed by atoms with E-state index in [9.17, 15) is 19.8 Å². The van der Waals surface area contributed by atoms with E-state index in [-0.39, 0.29) is 0 Å². The second-order valence-electron chi connectivity index (χ2n) is 5.37. The van der Waals surface area contributed by atoms with Crippen LogP contribution in [0.4, 0.5) is 0 Å². The van der Waals surface area contributed by atoms with Gasteiger partial charge >= 0.3 is 11.9 Å². The summed E-state index contributed by atoms with van der Waals surface area (Å²) in [7, 11) is 0. The van der Waals surface area contributed by atoms with Gasteiger partial charge in [-0.25, -0.2) is 0 Å². The van der Waals surface area contributed by atoms with Crippen LogP contribution in [0, 0.1) is 11.3 Å². The summed E-state index contributed by atoms with van der Waals surface area (Å²) in [6, 6.07) is 0. The molecule has 0 saturated heterocycles.